The molecule has 0 aliphatic heterocycles. The summed E-state index contributed by atoms with van der Waals surface area (Å²) >= 11 is 0. The molecule has 2 unspecified atom stereocenters. The third-order valence-electron chi connectivity index (χ3n) is 8.11. The number of fused-ring (bicyclic) bond motifs is 1. The van der Waals surface area contributed by atoms with Gasteiger partial charge >= 0.3 is 11.9 Å². The number of rotatable bonds is 11. The molecule has 2 N–H and O–H groups in total. The van der Waals surface area contributed by atoms with Gasteiger partial charge in [0.2, 0.25) is 5.78 Å². The molecule has 0 amide bonds. The maximum atomic E-state index is 14.1. The maximum Gasteiger partial charge on any atom is 0.439 e. The van der Waals surface area contributed by atoms with Crippen LogP contribution in [0.1, 0.15) is 69.3 Å². The van der Waals surface area contributed by atoms with Gasteiger partial charge in [-0.3, -0.25) is 18.9 Å². The molecule has 13 heteroatoms. The number of aromatic nitrogens is 6. The van der Waals surface area contributed by atoms with E-state index in [1.165, 1.54) is 17.8 Å². The van der Waals surface area contributed by atoms with Crippen LogP contribution in [-0.4, -0.2) is 46.2 Å². The third kappa shape index (κ3) is 5.83. The molecule has 0 spiro atoms. The van der Waals surface area contributed by atoms with Crippen molar-refractivity contribution in [3.05, 3.63) is 92.6 Å². The fraction of sp³-hybridized carbons (Fsp3) is 0.387. The van der Waals surface area contributed by atoms with E-state index in [4.69, 9.17) is 0 Å². The van der Waals surface area contributed by atoms with Crippen LogP contribution >= 0.6 is 0 Å². The first-order valence-electron chi connectivity index (χ1n) is 14.5. The zero-order chi connectivity index (χ0) is 31.6. The standard InChI is InChI=1S/C31H33F3N6O4/c1-4-8-25-24(17-20-11-13-21(14-12-20)22-9-6-7-10-23(22)26-37-29(42)44-38-26)27(41)39(28-35-18-36-40(25)28)19(3)15-16-30(43,5-2)31(32,33)34/h6-7,9-14,18-19,43H,4-5,8,15-17H2,1-3H3,(H,37,38,42). The quantitative estimate of drug-likeness (QED) is 0.202. The van der Waals surface area contributed by atoms with Gasteiger partial charge in [-0.25, -0.2) is 9.31 Å². The predicted molar refractivity (Wildman–Crippen MR) is 157 cm³/mol. The highest BCUT2D eigenvalue weighted by atomic mass is 19.4. The van der Waals surface area contributed by atoms with Crippen molar-refractivity contribution in [2.45, 2.75) is 77.1 Å². The Labute approximate surface area is 250 Å². The Hall–Kier alpha value is -4.52. The summed E-state index contributed by atoms with van der Waals surface area (Å²) in [5.41, 5.74) is 1.18. The van der Waals surface area contributed by atoms with Crippen molar-refractivity contribution in [1.82, 2.24) is 29.3 Å². The summed E-state index contributed by atoms with van der Waals surface area (Å²) in [7, 11) is 0. The molecule has 0 saturated heterocycles. The van der Waals surface area contributed by atoms with E-state index >= 15 is 0 Å². The summed E-state index contributed by atoms with van der Waals surface area (Å²) in [6.45, 7) is 4.93. The van der Waals surface area contributed by atoms with Crippen molar-refractivity contribution >= 4 is 5.78 Å². The molecule has 3 aromatic heterocycles. The molecule has 0 bridgehead atoms. The van der Waals surface area contributed by atoms with E-state index < -0.39 is 36.4 Å². The minimum Gasteiger partial charge on any atom is -0.380 e. The smallest absolute Gasteiger partial charge is 0.380 e. The first kappa shape index (κ1) is 30.9. The number of nitrogens with zero attached hydrogens (tertiary/aromatic N) is 5. The number of hydrogen-bond donors (Lipinski definition) is 2. The second kappa shape index (κ2) is 12.2. The molecular formula is C31H33F3N6O4. The number of hydrogen-bond acceptors (Lipinski definition) is 7. The van der Waals surface area contributed by atoms with Crippen LogP contribution in [0.3, 0.4) is 0 Å². The Bertz CT molecular complexity index is 1870. The van der Waals surface area contributed by atoms with Gasteiger partial charge in [-0.2, -0.15) is 23.3 Å². The average Bonchev–Trinajstić information content (AvgIpc) is 3.67. The number of alkyl halides is 3. The fourth-order valence-corrected chi connectivity index (χ4v) is 5.54. The summed E-state index contributed by atoms with van der Waals surface area (Å²) < 4.78 is 48.3. The minimum absolute atomic E-state index is 0.0935. The van der Waals surface area contributed by atoms with Crippen molar-refractivity contribution in [2.24, 2.45) is 0 Å². The minimum atomic E-state index is -4.79. The second-order valence-corrected chi connectivity index (χ2v) is 11.0. The summed E-state index contributed by atoms with van der Waals surface area (Å²) in [6, 6.07) is 14.3. The first-order valence-corrected chi connectivity index (χ1v) is 14.5. The number of benzene rings is 2. The molecule has 3 heterocycles. The number of aryl methyl sites for hydroxylation is 1. The van der Waals surface area contributed by atoms with E-state index in [1.54, 1.807) is 11.4 Å². The van der Waals surface area contributed by atoms with Crippen molar-refractivity contribution < 1.29 is 22.8 Å². The lowest BCUT2D eigenvalue weighted by atomic mass is 9.92. The van der Waals surface area contributed by atoms with Gasteiger partial charge in [-0.15, -0.1) is 0 Å². The van der Waals surface area contributed by atoms with E-state index in [1.807, 2.05) is 55.5 Å². The molecule has 5 aromatic rings. The van der Waals surface area contributed by atoms with E-state index in [0.29, 0.717) is 29.1 Å². The van der Waals surface area contributed by atoms with Crippen LogP contribution in [0.25, 0.3) is 28.3 Å². The number of halogens is 3. The van der Waals surface area contributed by atoms with E-state index in [-0.39, 0.29) is 24.2 Å². The Kier molecular flexibility index (Phi) is 8.60. The van der Waals surface area contributed by atoms with Crippen LogP contribution in [0.2, 0.25) is 0 Å². The van der Waals surface area contributed by atoms with E-state index in [2.05, 4.69) is 24.7 Å². The Morgan fingerprint density at radius 2 is 1.75 bits per heavy atom. The van der Waals surface area contributed by atoms with Crippen molar-refractivity contribution in [3.8, 4) is 22.5 Å². The summed E-state index contributed by atoms with van der Waals surface area (Å²) in [6.07, 6.45) is -3.06. The van der Waals surface area contributed by atoms with Crippen molar-refractivity contribution in [2.75, 3.05) is 0 Å². The zero-order valence-corrected chi connectivity index (χ0v) is 24.6. The van der Waals surface area contributed by atoms with E-state index in [9.17, 15) is 27.9 Å². The van der Waals surface area contributed by atoms with Crippen LogP contribution in [0.5, 0.6) is 0 Å². The molecule has 0 aliphatic carbocycles. The lowest BCUT2D eigenvalue weighted by Gasteiger charge is -2.30. The molecule has 232 valence electrons. The number of nitrogens with one attached hydrogen (secondary N) is 1. The monoisotopic (exact) mass is 610 g/mol. The largest absolute Gasteiger partial charge is 0.439 e. The van der Waals surface area contributed by atoms with Crippen LogP contribution < -0.4 is 11.3 Å². The number of aliphatic hydroxyl groups is 1. The molecule has 5 rings (SSSR count). The van der Waals surface area contributed by atoms with E-state index in [0.717, 1.165) is 23.1 Å². The first-order chi connectivity index (χ1) is 21.0. The highest BCUT2D eigenvalue weighted by Gasteiger charge is 2.51. The molecule has 44 heavy (non-hydrogen) atoms. The molecule has 0 aliphatic rings. The summed E-state index contributed by atoms with van der Waals surface area (Å²) in [4.78, 5) is 32.4. The van der Waals surface area contributed by atoms with Gasteiger partial charge in [0.15, 0.2) is 11.4 Å². The summed E-state index contributed by atoms with van der Waals surface area (Å²) in [5, 5.41) is 18.4. The van der Waals surface area contributed by atoms with Crippen LogP contribution in [0.4, 0.5) is 13.2 Å². The topological polar surface area (TPSA) is 131 Å². The lowest BCUT2D eigenvalue weighted by Crippen LogP contribution is -2.45. The Morgan fingerprint density at radius 3 is 2.36 bits per heavy atom. The lowest BCUT2D eigenvalue weighted by molar-refractivity contribution is -0.264. The van der Waals surface area contributed by atoms with Gasteiger partial charge < -0.3 is 5.11 Å². The van der Waals surface area contributed by atoms with Gasteiger partial charge in [-0.05, 0) is 49.3 Å². The predicted octanol–water partition coefficient (Wildman–Crippen LogP) is 5.49. The van der Waals surface area contributed by atoms with Crippen LogP contribution in [0.15, 0.2) is 69.0 Å². The Morgan fingerprint density at radius 1 is 1.05 bits per heavy atom. The zero-order valence-electron chi connectivity index (χ0n) is 24.6. The number of aromatic amines is 1. The highest BCUT2D eigenvalue weighted by Crippen LogP contribution is 2.38. The second-order valence-electron chi connectivity index (χ2n) is 11.0. The number of H-pyrrole nitrogens is 1. The van der Waals surface area contributed by atoms with Gasteiger partial charge in [0.25, 0.3) is 5.56 Å². The molecule has 10 nitrogen and oxygen atoms in total. The summed E-state index contributed by atoms with van der Waals surface area (Å²) in [5.74, 6) is -0.0966. The molecule has 0 saturated carbocycles. The fourth-order valence-electron chi connectivity index (χ4n) is 5.54. The molecule has 0 radical (unpaired) electrons. The molecule has 2 atom stereocenters. The van der Waals surface area contributed by atoms with Gasteiger partial charge in [-0.1, -0.05) is 74.0 Å². The highest BCUT2D eigenvalue weighted by molar-refractivity contribution is 5.80. The van der Waals surface area contributed by atoms with Gasteiger partial charge in [0, 0.05) is 23.6 Å². The Balaban J connectivity index is 1.50. The van der Waals surface area contributed by atoms with Crippen LogP contribution in [-0.2, 0) is 12.8 Å². The molecular weight excluding hydrogens is 577 g/mol. The maximum absolute atomic E-state index is 14.1. The molecule has 0 fully saturated rings. The molecule has 2 aromatic carbocycles. The third-order valence-corrected chi connectivity index (χ3v) is 8.11. The van der Waals surface area contributed by atoms with Crippen LogP contribution in [0, 0.1) is 0 Å². The van der Waals surface area contributed by atoms with Crippen molar-refractivity contribution in [1.29, 1.82) is 0 Å². The average molecular weight is 611 g/mol. The van der Waals surface area contributed by atoms with Gasteiger partial charge in [0.1, 0.15) is 6.33 Å². The van der Waals surface area contributed by atoms with Gasteiger partial charge in [0.05, 0.1) is 5.69 Å². The van der Waals surface area contributed by atoms with Crippen molar-refractivity contribution in [3.63, 3.8) is 0 Å². The normalized spacial score (nSPS) is 14.2. The SMILES string of the molecule is CCCc1c(Cc2ccc(-c3ccccc3-c3noc(=O)[nH]3)cc2)c(=O)n(C(C)CCC(O)(CC)C(F)(F)F)c2ncnn12.